The molecule has 10 heteroatoms. The van der Waals surface area contributed by atoms with Crippen molar-refractivity contribution in [3.8, 4) is 5.75 Å². The Balaban J connectivity index is 1.96. The van der Waals surface area contributed by atoms with Crippen LogP contribution in [0.25, 0.3) is 0 Å². The first-order valence-corrected chi connectivity index (χ1v) is 11.9. The fraction of sp³-hybridized carbons (Fsp3) is 0.350. The number of methoxy groups -OCH3 is 1. The summed E-state index contributed by atoms with van der Waals surface area (Å²) in [5.41, 5.74) is 0.405. The Labute approximate surface area is 191 Å². The van der Waals surface area contributed by atoms with Crippen molar-refractivity contribution in [3.05, 3.63) is 51.0 Å². The molecule has 2 aromatic rings. The summed E-state index contributed by atoms with van der Waals surface area (Å²) < 4.78 is 33.3. The molecule has 0 aliphatic carbocycles. The van der Waals surface area contributed by atoms with Gasteiger partial charge < -0.3 is 10.1 Å². The van der Waals surface area contributed by atoms with Crippen LogP contribution in [0.5, 0.6) is 5.75 Å². The summed E-state index contributed by atoms with van der Waals surface area (Å²) in [4.78, 5) is 12.7. The molecular weight excluding hydrogens is 471 g/mol. The van der Waals surface area contributed by atoms with Crippen molar-refractivity contribution in [1.29, 1.82) is 0 Å². The summed E-state index contributed by atoms with van der Waals surface area (Å²) in [7, 11) is -2.45. The van der Waals surface area contributed by atoms with Crippen molar-refractivity contribution < 1.29 is 17.9 Å². The lowest BCUT2D eigenvalue weighted by Gasteiger charge is -2.32. The summed E-state index contributed by atoms with van der Waals surface area (Å²) in [6.45, 7) is 2.31. The molecule has 0 aromatic heterocycles. The Morgan fingerprint density at radius 3 is 2.47 bits per heavy atom. The van der Waals surface area contributed by atoms with Gasteiger partial charge in [0, 0.05) is 18.2 Å². The van der Waals surface area contributed by atoms with Gasteiger partial charge in [0.15, 0.2) is 0 Å². The third kappa shape index (κ3) is 4.70. The Morgan fingerprint density at radius 2 is 1.80 bits per heavy atom. The number of benzene rings is 2. The number of nitrogens with one attached hydrogen (secondary N) is 1. The van der Waals surface area contributed by atoms with Crippen molar-refractivity contribution in [1.82, 2.24) is 4.31 Å². The number of carbonyl (C=O) groups is 1. The number of ether oxygens (including phenoxy) is 1. The molecule has 0 bridgehead atoms. The zero-order valence-corrected chi connectivity index (χ0v) is 19.5. The van der Waals surface area contributed by atoms with Gasteiger partial charge in [0.1, 0.15) is 10.6 Å². The summed E-state index contributed by atoms with van der Waals surface area (Å²) in [6.07, 6.45) is 2.57. The number of carbonyl (C=O) groups excluding carboxylic acids is 1. The van der Waals surface area contributed by atoms with Gasteiger partial charge >= 0.3 is 0 Å². The molecule has 1 aliphatic heterocycles. The van der Waals surface area contributed by atoms with Gasteiger partial charge in [-0.25, -0.2) is 8.42 Å². The van der Waals surface area contributed by atoms with E-state index >= 15 is 0 Å². The van der Waals surface area contributed by atoms with Crippen LogP contribution in [-0.4, -0.2) is 38.3 Å². The molecule has 1 aliphatic rings. The van der Waals surface area contributed by atoms with Crippen LogP contribution in [0.3, 0.4) is 0 Å². The normalized spacial score (nSPS) is 17.6. The predicted octanol–water partition coefficient (Wildman–Crippen LogP) is 5.47. The van der Waals surface area contributed by atoms with Crippen LogP contribution < -0.4 is 10.1 Å². The topological polar surface area (TPSA) is 75.7 Å². The molecule has 30 heavy (non-hydrogen) atoms. The molecule has 1 amide bonds. The third-order valence-electron chi connectivity index (χ3n) is 5.01. The number of nitrogens with zero attached hydrogens (tertiary/aromatic N) is 1. The average molecular weight is 492 g/mol. The van der Waals surface area contributed by atoms with Crippen LogP contribution in [0.1, 0.15) is 36.5 Å². The standard InChI is InChI=1S/C20H21Cl3N2O4S/c1-12-5-3-4-8-25(12)30(27,28)19-9-13(6-7-18(19)29-2)20(26)24-17-11-15(22)14(21)10-16(17)23/h6-7,9-12H,3-5,8H2,1-2H3,(H,24,26). The summed E-state index contributed by atoms with van der Waals surface area (Å²) in [6, 6.07) is 6.99. The van der Waals surface area contributed by atoms with Gasteiger partial charge in [0.2, 0.25) is 10.0 Å². The monoisotopic (exact) mass is 490 g/mol. The second kappa shape index (κ2) is 9.32. The van der Waals surface area contributed by atoms with E-state index in [1.807, 2.05) is 6.92 Å². The van der Waals surface area contributed by atoms with E-state index in [9.17, 15) is 13.2 Å². The molecule has 1 heterocycles. The smallest absolute Gasteiger partial charge is 0.255 e. The third-order valence-corrected chi connectivity index (χ3v) is 8.08. The van der Waals surface area contributed by atoms with Crippen molar-refractivity contribution >= 4 is 56.4 Å². The number of sulfonamides is 1. The van der Waals surface area contributed by atoms with Crippen molar-refractivity contribution in [3.63, 3.8) is 0 Å². The van der Waals surface area contributed by atoms with E-state index in [2.05, 4.69) is 5.32 Å². The highest BCUT2D eigenvalue weighted by molar-refractivity contribution is 7.89. The van der Waals surface area contributed by atoms with E-state index in [0.717, 1.165) is 19.3 Å². The zero-order valence-electron chi connectivity index (χ0n) is 16.4. The maximum absolute atomic E-state index is 13.3. The molecule has 1 atom stereocenters. The van der Waals surface area contributed by atoms with E-state index in [1.165, 1.54) is 41.7 Å². The molecule has 1 saturated heterocycles. The predicted molar refractivity (Wildman–Crippen MR) is 120 cm³/mol. The Morgan fingerprint density at radius 1 is 1.10 bits per heavy atom. The molecule has 0 spiro atoms. The van der Waals surface area contributed by atoms with Crippen LogP contribution in [0.2, 0.25) is 15.1 Å². The van der Waals surface area contributed by atoms with Crippen molar-refractivity contribution in [2.75, 3.05) is 19.0 Å². The Kier molecular flexibility index (Phi) is 7.20. The molecule has 3 rings (SSSR count). The number of halogens is 3. The maximum atomic E-state index is 13.3. The molecule has 1 fully saturated rings. The molecule has 0 radical (unpaired) electrons. The Hall–Kier alpha value is -1.51. The quantitative estimate of drug-likeness (QED) is 0.563. The first-order valence-electron chi connectivity index (χ1n) is 9.31. The van der Waals surface area contributed by atoms with Gasteiger partial charge in [0.25, 0.3) is 5.91 Å². The SMILES string of the molecule is COc1ccc(C(=O)Nc2cc(Cl)c(Cl)cc2Cl)cc1S(=O)(=O)N1CCCCC1C. The largest absolute Gasteiger partial charge is 0.495 e. The minimum absolute atomic E-state index is 0.0494. The first kappa shape index (κ1) is 23.2. The van der Waals surface area contributed by atoms with E-state index in [1.54, 1.807) is 0 Å². The van der Waals surface area contributed by atoms with E-state index in [4.69, 9.17) is 39.5 Å². The first-order chi connectivity index (χ1) is 14.1. The lowest BCUT2D eigenvalue weighted by atomic mass is 10.1. The highest BCUT2D eigenvalue weighted by Gasteiger charge is 2.33. The van der Waals surface area contributed by atoms with Crippen LogP contribution in [0.4, 0.5) is 5.69 Å². The Bertz CT molecular complexity index is 1080. The number of piperidine rings is 1. The van der Waals surface area contributed by atoms with Crippen LogP contribution in [-0.2, 0) is 10.0 Å². The number of rotatable bonds is 5. The fourth-order valence-corrected chi connectivity index (χ4v) is 5.86. The van der Waals surface area contributed by atoms with Gasteiger partial charge in [-0.3, -0.25) is 4.79 Å². The van der Waals surface area contributed by atoms with Crippen LogP contribution in [0, 0.1) is 0 Å². The molecule has 0 saturated carbocycles. The maximum Gasteiger partial charge on any atom is 0.255 e. The van der Waals surface area contributed by atoms with Crippen LogP contribution in [0.15, 0.2) is 35.2 Å². The van der Waals surface area contributed by atoms with Gasteiger partial charge in [0.05, 0.1) is 27.9 Å². The number of hydrogen-bond donors (Lipinski definition) is 1. The van der Waals surface area contributed by atoms with Crippen molar-refractivity contribution in [2.24, 2.45) is 0 Å². The van der Waals surface area contributed by atoms with Gasteiger partial charge in [-0.15, -0.1) is 0 Å². The van der Waals surface area contributed by atoms with Gasteiger partial charge in [-0.1, -0.05) is 41.2 Å². The highest BCUT2D eigenvalue weighted by Crippen LogP contribution is 2.34. The number of hydrogen-bond acceptors (Lipinski definition) is 4. The minimum Gasteiger partial charge on any atom is -0.495 e. The lowest BCUT2D eigenvalue weighted by Crippen LogP contribution is -2.42. The van der Waals surface area contributed by atoms with E-state index < -0.39 is 15.9 Å². The van der Waals surface area contributed by atoms with Gasteiger partial charge in [-0.05, 0) is 50.1 Å². The van der Waals surface area contributed by atoms with Crippen molar-refractivity contribution in [2.45, 2.75) is 37.1 Å². The molecule has 6 nitrogen and oxygen atoms in total. The lowest BCUT2D eigenvalue weighted by molar-refractivity contribution is 0.102. The number of anilines is 1. The van der Waals surface area contributed by atoms with E-state index in [-0.39, 0.29) is 43.0 Å². The molecular formula is C20H21Cl3N2O4S. The van der Waals surface area contributed by atoms with Crippen LogP contribution >= 0.6 is 34.8 Å². The average Bonchev–Trinajstić information content (AvgIpc) is 2.71. The second-order valence-corrected chi connectivity index (χ2v) is 10.1. The minimum atomic E-state index is -3.84. The molecule has 1 N–H and O–H groups in total. The summed E-state index contributed by atoms with van der Waals surface area (Å²) in [5, 5.41) is 3.33. The number of amides is 1. The molecule has 162 valence electrons. The van der Waals surface area contributed by atoms with E-state index in [0.29, 0.717) is 6.54 Å². The second-order valence-electron chi connectivity index (χ2n) is 7.03. The molecule has 1 unspecified atom stereocenters. The summed E-state index contributed by atoms with van der Waals surface area (Å²) >= 11 is 18.0. The highest BCUT2D eigenvalue weighted by atomic mass is 35.5. The fourth-order valence-electron chi connectivity index (χ4n) is 3.39. The summed E-state index contributed by atoms with van der Waals surface area (Å²) in [5.74, 6) is -0.363. The van der Waals surface area contributed by atoms with Gasteiger partial charge in [-0.2, -0.15) is 4.31 Å². The molecule has 2 aromatic carbocycles. The zero-order chi connectivity index (χ0) is 22.1.